The maximum atomic E-state index is 11.3. The number of Topliss-reactive ketones (excluding diaryl/α,β-unsaturated/α-hetero) is 1. The number of nitrogens with zero attached hydrogens (tertiary/aromatic N) is 1. The first kappa shape index (κ1) is 11.1. The van der Waals surface area contributed by atoms with E-state index in [-0.39, 0.29) is 5.78 Å². The van der Waals surface area contributed by atoms with Crippen molar-refractivity contribution in [1.29, 1.82) is 0 Å². The van der Waals surface area contributed by atoms with E-state index in [1.54, 1.807) is 0 Å². The zero-order chi connectivity index (χ0) is 9.56. The minimum Gasteiger partial charge on any atom is -0.292 e. The van der Waals surface area contributed by atoms with Gasteiger partial charge in [0.1, 0.15) is 5.71 Å². The summed E-state index contributed by atoms with van der Waals surface area (Å²) >= 11 is 0. The topological polar surface area (TPSA) is 29.4 Å². The summed E-state index contributed by atoms with van der Waals surface area (Å²) in [6.45, 7) is 10.1. The zero-order valence-electron chi connectivity index (χ0n) is 8.18. The number of hydrogen-bond acceptors (Lipinski definition) is 2. The Hall–Kier alpha value is -0.920. The van der Waals surface area contributed by atoms with Crippen molar-refractivity contribution in [3.8, 4) is 0 Å². The molecular weight excluding hydrogens is 150 g/mol. The molecule has 12 heavy (non-hydrogen) atoms. The standard InChI is InChI=1S/C10H17NO/c1-5-7-11-10(8(3)4)9(12)6-2/h3,5-7H2,1-2,4H3/b11-10+. The fourth-order valence-electron chi connectivity index (χ4n) is 0.852. The summed E-state index contributed by atoms with van der Waals surface area (Å²) in [5, 5.41) is 0. The molecule has 0 aromatic carbocycles. The summed E-state index contributed by atoms with van der Waals surface area (Å²) in [7, 11) is 0. The number of allylic oxidation sites excluding steroid dienone is 1. The second-order valence-corrected chi connectivity index (χ2v) is 2.79. The summed E-state index contributed by atoms with van der Waals surface area (Å²) in [6, 6.07) is 0. The highest BCUT2D eigenvalue weighted by Gasteiger charge is 2.08. The minimum absolute atomic E-state index is 0.0935. The molecule has 0 amide bonds. The van der Waals surface area contributed by atoms with Gasteiger partial charge < -0.3 is 0 Å². The molecule has 0 aromatic rings. The van der Waals surface area contributed by atoms with E-state index < -0.39 is 0 Å². The number of hydrogen-bond donors (Lipinski definition) is 0. The molecule has 0 fully saturated rings. The average Bonchev–Trinajstić information content (AvgIpc) is 2.04. The zero-order valence-corrected chi connectivity index (χ0v) is 8.18. The van der Waals surface area contributed by atoms with Gasteiger partial charge in [0.25, 0.3) is 0 Å². The van der Waals surface area contributed by atoms with Gasteiger partial charge in [-0.1, -0.05) is 20.4 Å². The summed E-state index contributed by atoms with van der Waals surface area (Å²) in [5.74, 6) is 0.0935. The number of carbonyl (C=O) groups excluding carboxylic acids is 1. The molecule has 0 aliphatic carbocycles. The quantitative estimate of drug-likeness (QED) is 0.578. The molecule has 0 radical (unpaired) electrons. The molecule has 0 N–H and O–H groups in total. The molecule has 2 nitrogen and oxygen atoms in total. The lowest BCUT2D eigenvalue weighted by atomic mass is 10.1. The van der Waals surface area contributed by atoms with Crippen molar-refractivity contribution >= 4 is 11.5 Å². The Morgan fingerprint density at radius 2 is 2.00 bits per heavy atom. The number of rotatable bonds is 5. The molecule has 0 saturated carbocycles. The van der Waals surface area contributed by atoms with E-state index >= 15 is 0 Å². The van der Waals surface area contributed by atoms with E-state index in [0.717, 1.165) is 12.0 Å². The first-order chi connectivity index (χ1) is 5.63. The predicted molar refractivity (Wildman–Crippen MR) is 52.7 cm³/mol. The van der Waals surface area contributed by atoms with Crippen LogP contribution in [-0.4, -0.2) is 18.0 Å². The molecule has 0 bridgehead atoms. The molecule has 0 aliphatic rings. The van der Waals surface area contributed by atoms with Crippen LogP contribution in [0.3, 0.4) is 0 Å². The Bertz CT molecular complexity index is 204. The monoisotopic (exact) mass is 167 g/mol. The van der Waals surface area contributed by atoms with Crippen molar-refractivity contribution < 1.29 is 4.79 Å². The molecule has 0 heterocycles. The van der Waals surface area contributed by atoms with Crippen LogP contribution in [0.15, 0.2) is 17.1 Å². The van der Waals surface area contributed by atoms with Gasteiger partial charge in [-0.05, 0) is 18.9 Å². The van der Waals surface area contributed by atoms with Crippen LogP contribution < -0.4 is 0 Å². The largest absolute Gasteiger partial charge is 0.292 e. The third-order valence-electron chi connectivity index (χ3n) is 1.48. The second-order valence-electron chi connectivity index (χ2n) is 2.79. The van der Waals surface area contributed by atoms with Gasteiger partial charge in [0.15, 0.2) is 5.78 Å². The smallest absolute Gasteiger partial charge is 0.180 e. The van der Waals surface area contributed by atoms with Crippen LogP contribution in [0.5, 0.6) is 0 Å². The summed E-state index contributed by atoms with van der Waals surface area (Å²) in [6.07, 6.45) is 1.48. The SMILES string of the molecule is C=C(C)/C(=N\CCC)C(=O)CC. The third kappa shape index (κ3) is 3.46. The number of aliphatic imine (C=N–C) groups is 1. The highest BCUT2D eigenvalue weighted by atomic mass is 16.1. The Morgan fingerprint density at radius 3 is 2.33 bits per heavy atom. The normalized spacial score (nSPS) is 11.4. The Labute approximate surface area is 74.4 Å². The highest BCUT2D eigenvalue weighted by Crippen LogP contribution is 1.99. The molecule has 0 aromatic heterocycles. The van der Waals surface area contributed by atoms with Crippen LogP contribution in [0, 0.1) is 0 Å². The van der Waals surface area contributed by atoms with Gasteiger partial charge >= 0.3 is 0 Å². The van der Waals surface area contributed by atoms with Crippen molar-refractivity contribution in [3.63, 3.8) is 0 Å². The number of carbonyl (C=O) groups is 1. The fourth-order valence-corrected chi connectivity index (χ4v) is 0.852. The van der Waals surface area contributed by atoms with Crippen LogP contribution in [0.1, 0.15) is 33.6 Å². The maximum Gasteiger partial charge on any atom is 0.180 e. The van der Waals surface area contributed by atoms with E-state index in [9.17, 15) is 4.79 Å². The average molecular weight is 167 g/mol. The van der Waals surface area contributed by atoms with E-state index in [4.69, 9.17) is 0 Å². The highest BCUT2D eigenvalue weighted by molar-refractivity contribution is 6.45. The van der Waals surface area contributed by atoms with Gasteiger partial charge in [0.2, 0.25) is 0 Å². The third-order valence-corrected chi connectivity index (χ3v) is 1.48. The Balaban J connectivity index is 4.43. The first-order valence-electron chi connectivity index (χ1n) is 4.37. The van der Waals surface area contributed by atoms with Crippen molar-refractivity contribution in [2.75, 3.05) is 6.54 Å². The van der Waals surface area contributed by atoms with Crippen molar-refractivity contribution in [2.24, 2.45) is 4.99 Å². The summed E-state index contributed by atoms with van der Waals surface area (Å²) < 4.78 is 0. The molecule has 0 aliphatic heterocycles. The van der Waals surface area contributed by atoms with Gasteiger partial charge in [0, 0.05) is 13.0 Å². The lowest BCUT2D eigenvalue weighted by molar-refractivity contribution is -0.112. The van der Waals surface area contributed by atoms with Crippen molar-refractivity contribution in [2.45, 2.75) is 33.6 Å². The van der Waals surface area contributed by atoms with Crippen LogP contribution >= 0.6 is 0 Å². The van der Waals surface area contributed by atoms with E-state index in [0.29, 0.717) is 18.7 Å². The van der Waals surface area contributed by atoms with Crippen molar-refractivity contribution in [3.05, 3.63) is 12.2 Å². The van der Waals surface area contributed by atoms with Crippen LogP contribution in [0.4, 0.5) is 0 Å². The van der Waals surface area contributed by atoms with Gasteiger partial charge in [-0.15, -0.1) is 0 Å². The molecule has 2 heteroatoms. The molecule has 0 saturated heterocycles. The summed E-state index contributed by atoms with van der Waals surface area (Å²) in [4.78, 5) is 15.4. The fraction of sp³-hybridized carbons (Fsp3) is 0.600. The molecule has 0 atom stereocenters. The van der Waals surface area contributed by atoms with Crippen LogP contribution in [-0.2, 0) is 4.79 Å². The Morgan fingerprint density at radius 1 is 1.42 bits per heavy atom. The lowest BCUT2D eigenvalue weighted by Crippen LogP contribution is -2.14. The predicted octanol–water partition coefficient (Wildman–Crippen LogP) is 2.39. The van der Waals surface area contributed by atoms with E-state index in [2.05, 4.69) is 11.6 Å². The van der Waals surface area contributed by atoms with Gasteiger partial charge in [-0.25, -0.2) is 0 Å². The lowest BCUT2D eigenvalue weighted by Gasteiger charge is -2.01. The Kier molecular flexibility index (Phi) is 5.26. The molecular formula is C10H17NO. The van der Waals surface area contributed by atoms with E-state index in [1.165, 1.54) is 0 Å². The van der Waals surface area contributed by atoms with Crippen LogP contribution in [0.2, 0.25) is 0 Å². The van der Waals surface area contributed by atoms with E-state index in [1.807, 2.05) is 20.8 Å². The van der Waals surface area contributed by atoms with Crippen LogP contribution in [0.25, 0.3) is 0 Å². The van der Waals surface area contributed by atoms with Gasteiger partial charge in [-0.3, -0.25) is 9.79 Å². The summed E-state index contributed by atoms with van der Waals surface area (Å²) in [5.41, 5.74) is 1.34. The minimum atomic E-state index is 0.0935. The van der Waals surface area contributed by atoms with Gasteiger partial charge in [-0.2, -0.15) is 0 Å². The molecule has 68 valence electrons. The first-order valence-corrected chi connectivity index (χ1v) is 4.37. The molecule has 0 unspecified atom stereocenters. The number of ketones is 1. The molecule has 0 spiro atoms. The van der Waals surface area contributed by atoms with Gasteiger partial charge in [0.05, 0.1) is 0 Å². The molecule has 0 rings (SSSR count). The maximum absolute atomic E-state index is 11.3. The second kappa shape index (κ2) is 5.70. The van der Waals surface area contributed by atoms with Crippen molar-refractivity contribution in [1.82, 2.24) is 0 Å².